The van der Waals surface area contributed by atoms with Crippen molar-refractivity contribution >= 4 is 5.91 Å². The van der Waals surface area contributed by atoms with Crippen molar-refractivity contribution in [3.05, 3.63) is 0 Å². The number of carbonyl (C=O) groups excluding carboxylic acids is 1. The van der Waals surface area contributed by atoms with Crippen LogP contribution in [-0.2, 0) is 9.53 Å². The highest BCUT2D eigenvalue weighted by Crippen LogP contribution is 2.45. The van der Waals surface area contributed by atoms with Crippen LogP contribution in [0.2, 0.25) is 0 Å². The van der Waals surface area contributed by atoms with Crippen LogP contribution in [-0.4, -0.2) is 31.7 Å². The predicted molar refractivity (Wildman–Crippen MR) is 68.9 cm³/mol. The van der Waals surface area contributed by atoms with Crippen molar-refractivity contribution in [2.45, 2.75) is 44.6 Å². The van der Waals surface area contributed by atoms with Gasteiger partial charge in [0.25, 0.3) is 0 Å². The van der Waals surface area contributed by atoms with E-state index in [0.29, 0.717) is 25.8 Å². The van der Waals surface area contributed by atoms with Crippen LogP contribution in [0.3, 0.4) is 0 Å². The molecule has 0 aromatic heterocycles. The van der Waals surface area contributed by atoms with E-state index in [-0.39, 0.29) is 11.3 Å². The van der Waals surface area contributed by atoms with Gasteiger partial charge in [0.2, 0.25) is 5.91 Å². The molecule has 1 saturated heterocycles. The number of nitrogens with two attached hydrogens (primary N) is 1. The second kappa shape index (κ2) is 4.82. The van der Waals surface area contributed by atoms with E-state index in [2.05, 4.69) is 5.32 Å². The number of rotatable bonds is 5. The molecule has 3 rings (SSSR count). The van der Waals surface area contributed by atoms with Crippen LogP contribution in [0.5, 0.6) is 0 Å². The van der Waals surface area contributed by atoms with Crippen molar-refractivity contribution in [3.8, 4) is 0 Å². The van der Waals surface area contributed by atoms with Crippen molar-refractivity contribution in [2.75, 3.05) is 19.8 Å². The second-order valence-corrected chi connectivity index (χ2v) is 6.27. The monoisotopic (exact) mass is 252 g/mol. The number of amides is 1. The van der Waals surface area contributed by atoms with E-state index in [1.807, 2.05) is 0 Å². The van der Waals surface area contributed by atoms with Crippen LogP contribution in [0.1, 0.15) is 38.5 Å². The number of nitrogens with one attached hydrogen (secondary N) is 1. The zero-order valence-corrected chi connectivity index (χ0v) is 11.0. The van der Waals surface area contributed by atoms with Crippen LogP contribution in [0, 0.1) is 17.3 Å². The average Bonchev–Trinajstić information content (AvgIpc) is 3.29. The molecule has 3 aliphatic rings. The topological polar surface area (TPSA) is 64.4 Å². The molecule has 18 heavy (non-hydrogen) atoms. The van der Waals surface area contributed by atoms with Crippen molar-refractivity contribution < 1.29 is 9.53 Å². The molecular formula is C14H24N2O2. The van der Waals surface area contributed by atoms with Crippen molar-refractivity contribution in [2.24, 2.45) is 23.0 Å². The van der Waals surface area contributed by atoms with Gasteiger partial charge in [-0.05, 0) is 50.4 Å². The number of ether oxygens (including phenoxy) is 1. The second-order valence-electron chi connectivity index (χ2n) is 6.27. The summed E-state index contributed by atoms with van der Waals surface area (Å²) in [7, 11) is 0. The molecule has 0 aromatic rings. The summed E-state index contributed by atoms with van der Waals surface area (Å²) in [6, 6.07) is 0.434. The molecule has 2 saturated carbocycles. The molecule has 1 heterocycles. The molecule has 102 valence electrons. The Morgan fingerprint density at radius 1 is 1.22 bits per heavy atom. The fourth-order valence-electron chi connectivity index (χ4n) is 3.12. The minimum Gasteiger partial charge on any atom is -0.381 e. The van der Waals surface area contributed by atoms with Crippen LogP contribution >= 0.6 is 0 Å². The molecule has 0 spiro atoms. The van der Waals surface area contributed by atoms with Crippen LogP contribution in [0.4, 0.5) is 0 Å². The zero-order valence-electron chi connectivity index (χ0n) is 11.0. The molecule has 3 fully saturated rings. The summed E-state index contributed by atoms with van der Waals surface area (Å²) in [5, 5.41) is 3.33. The predicted octanol–water partition coefficient (Wildman–Crippen LogP) is 1.05. The molecule has 0 unspecified atom stereocenters. The average molecular weight is 252 g/mol. The fourth-order valence-corrected chi connectivity index (χ4v) is 3.12. The molecule has 4 nitrogen and oxygen atoms in total. The minimum absolute atomic E-state index is 0.192. The van der Waals surface area contributed by atoms with Crippen molar-refractivity contribution in [1.82, 2.24) is 5.32 Å². The largest absolute Gasteiger partial charge is 0.381 e. The summed E-state index contributed by atoms with van der Waals surface area (Å²) in [5.41, 5.74) is 5.52. The van der Waals surface area contributed by atoms with Crippen LogP contribution in [0.15, 0.2) is 0 Å². The quantitative estimate of drug-likeness (QED) is 0.768. The van der Waals surface area contributed by atoms with Crippen LogP contribution in [0.25, 0.3) is 0 Å². The van der Waals surface area contributed by atoms with Gasteiger partial charge in [-0.15, -0.1) is 0 Å². The van der Waals surface area contributed by atoms with E-state index in [9.17, 15) is 4.79 Å². The maximum absolute atomic E-state index is 12.6. The Morgan fingerprint density at radius 3 is 2.22 bits per heavy atom. The third kappa shape index (κ3) is 2.41. The highest BCUT2D eigenvalue weighted by molar-refractivity contribution is 5.83. The number of hydrogen-bond donors (Lipinski definition) is 2. The lowest BCUT2D eigenvalue weighted by Gasteiger charge is -2.36. The Morgan fingerprint density at radius 2 is 1.78 bits per heavy atom. The molecule has 4 heteroatoms. The third-order valence-electron chi connectivity index (χ3n) is 4.88. The maximum Gasteiger partial charge on any atom is 0.227 e. The molecular weight excluding hydrogens is 228 g/mol. The van der Waals surface area contributed by atoms with Gasteiger partial charge in [0.15, 0.2) is 0 Å². The van der Waals surface area contributed by atoms with Gasteiger partial charge in [0, 0.05) is 25.8 Å². The van der Waals surface area contributed by atoms with Crippen LogP contribution < -0.4 is 11.1 Å². The fraction of sp³-hybridized carbons (Fsp3) is 0.929. The molecule has 0 radical (unpaired) electrons. The zero-order chi connectivity index (χ0) is 12.6. The molecule has 3 N–H and O–H groups in total. The summed E-state index contributed by atoms with van der Waals surface area (Å²) in [5.74, 6) is 1.68. The Hall–Kier alpha value is -0.610. The van der Waals surface area contributed by atoms with Gasteiger partial charge in [-0.2, -0.15) is 0 Å². The molecule has 1 amide bonds. The lowest BCUT2D eigenvalue weighted by atomic mass is 9.79. The van der Waals surface area contributed by atoms with Gasteiger partial charge < -0.3 is 15.8 Å². The van der Waals surface area contributed by atoms with Crippen molar-refractivity contribution in [3.63, 3.8) is 0 Å². The first kappa shape index (κ1) is 12.4. The summed E-state index contributed by atoms with van der Waals surface area (Å²) in [4.78, 5) is 12.6. The molecule has 2 aliphatic carbocycles. The lowest BCUT2D eigenvalue weighted by Crippen LogP contribution is -2.52. The first-order valence-electron chi connectivity index (χ1n) is 7.34. The molecule has 0 atom stereocenters. The lowest BCUT2D eigenvalue weighted by molar-refractivity contribution is -0.137. The van der Waals surface area contributed by atoms with Crippen molar-refractivity contribution in [1.29, 1.82) is 0 Å². The number of hydrogen-bond acceptors (Lipinski definition) is 3. The van der Waals surface area contributed by atoms with E-state index >= 15 is 0 Å². The highest BCUT2D eigenvalue weighted by atomic mass is 16.5. The summed E-state index contributed by atoms with van der Waals surface area (Å²) in [6.45, 7) is 1.79. The van der Waals surface area contributed by atoms with Gasteiger partial charge in [-0.1, -0.05) is 0 Å². The normalized spacial score (nSPS) is 27.2. The van der Waals surface area contributed by atoms with Gasteiger partial charge in [-0.3, -0.25) is 4.79 Å². The smallest absolute Gasteiger partial charge is 0.227 e. The Kier molecular flexibility index (Phi) is 3.32. The highest BCUT2D eigenvalue weighted by Gasteiger charge is 2.46. The van der Waals surface area contributed by atoms with E-state index < -0.39 is 0 Å². The minimum atomic E-state index is -0.361. The van der Waals surface area contributed by atoms with E-state index in [4.69, 9.17) is 10.5 Å². The molecule has 0 aromatic carbocycles. The van der Waals surface area contributed by atoms with E-state index in [0.717, 1.165) is 24.7 Å². The Bertz CT molecular complexity index is 306. The molecule has 0 bridgehead atoms. The van der Waals surface area contributed by atoms with E-state index in [1.165, 1.54) is 25.7 Å². The Balaban J connectivity index is 1.64. The number of carbonyl (C=O) groups is 1. The Labute approximate surface area is 109 Å². The first-order chi connectivity index (χ1) is 8.75. The van der Waals surface area contributed by atoms with E-state index in [1.54, 1.807) is 0 Å². The van der Waals surface area contributed by atoms with Gasteiger partial charge in [0.05, 0.1) is 5.41 Å². The SMILES string of the molecule is NCC1(C(=O)NC(C2CC2)C2CC2)CCOCC1. The summed E-state index contributed by atoms with van der Waals surface area (Å²) < 4.78 is 5.37. The summed E-state index contributed by atoms with van der Waals surface area (Å²) in [6.07, 6.45) is 6.72. The standard InChI is InChI=1S/C14H24N2O2/c15-9-14(5-7-18-8-6-14)13(17)16-12(10-1-2-10)11-3-4-11/h10-12H,1-9,15H2,(H,16,17). The maximum atomic E-state index is 12.6. The third-order valence-corrected chi connectivity index (χ3v) is 4.88. The van der Waals surface area contributed by atoms with Gasteiger partial charge in [-0.25, -0.2) is 0 Å². The van der Waals surface area contributed by atoms with Gasteiger partial charge in [0.1, 0.15) is 0 Å². The molecule has 1 aliphatic heterocycles. The first-order valence-corrected chi connectivity index (χ1v) is 7.34. The van der Waals surface area contributed by atoms with Gasteiger partial charge >= 0.3 is 0 Å². The summed E-state index contributed by atoms with van der Waals surface area (Å²) >= 11 is 0.